The molecule has 3 N–H and O–H groups in total. The zero-order valence-corrected chi connectivity index (χ0v) is 15.4. The first kappa shape index (κ1) is 18.8. The van der Waals surface area contributed by atoms with Crippen molar-refractivity contribution in [3.63, 3.8) is 0 Å². The van der Waals surface area contributed by atoms with Gasteiger partial charge in [-0.15, -0.1) is 0 Å². The van der Waals surface area contributed by atoms with Crippen molar-refractivity contribution in [2.24, 2.45) is 5.73 Å². The maximum absolute atomic E-state index is 12.7. The molecule has 0 unspecified atom stereocenters. The van der Waals surface area contributed by atoms with Gasteiger partial charge in [0.25, 0.3) is 11.8 Å². The molecule has 0 radical (unpaired) electrons. The van der Waals surface area contributed by atoms with E-state index in [0.29, 0.717) is 18.6 Å². The minimum absolute atomic E-state index is 0.146. The molecular formula is C19H19ClN2O5. The Labute approximate surface area is 161 Å². The minimum Gasteiger partial charge on any atom is -0.493 e. The number of rotatable bonds is 6. The van der Waals surface area contributed by atoms with Gasteiger partial charge >= 0.3 is 0 Å². The molecule has 2 amide bonds. The number of amides is 2. The lowest BCUT2D eigenvalue weighted by Crippen LogP contribution is -2.32. The Balaban J connectivity index is 1.81. The second-order valence-corrected chi connectivity index (χ2v) is 6.35. The maximum Gasteiger partial charge on any atom is 0.255 e. The van der Waals surface area contributed by atoms with Crippen molar-refractivity contribution < 1.29 is 23.8 Å². The number of primary amides is 1. The predicted molar refractivity (Wildman–Crippen MR) is 99.5 cm³/mol. The summed E-state index contributed by atoms with van der Waals surface area (Å²) in [6.45, 7) is 0.173. The Morgan fingerprint density at radius 1 is 1.33 bits per heavy atom. The van der Waals surface area contributed by atoms with Crippen LogP contribution in [0.25, 0.3) is 0 Å². The number of ether oxygens (including phenoxy) is 3. The molecule has 1 atom stereocenters. The molecule has 0 spiro atoms. The van der Waals surface area contributed by atoms with E-state index < -0.39 is 5.91 Å². The summed E-state index contributed by atoms with van der Waals surface area (Å²) in [6.07, 6.45) is 0.660. The van der Waals surface area contributed by atoms with Crippen LogP contribution in [0, 0.1) is 0 Å². The second kappa shape index (κ2) is 8.18. The molecule has 7 nitrogen and oxygen atoms in total. The molecule has 3 rings (SSSR count). The van der Waals surface area contributed by atoms with Gasteiger partial charge in [-0.1, -0.05) is 29.8 Å². The number of nitrogens with two attached hydrogens (primary N) is 1. The van der Waals surface area contributed by atoms with Crippen LogP contribution in [0.5, 0.6) is 17.2 Å². The number of methoxy groups -OCH3 is 1. The molecule has 0 saturated carbocycles. The molecule has 1 aliphatic rings. The van der Waals surface area contributed by atoms with Crippen LogP contribution >= 0.6 is 11.6 Å². The summed E-state index contributed by atoms with van der Waals surface area (Å²) in [5.74, 6) is 0.207. The van der Waals surface area contributed by atoms with Crippen LogP contribution in [0.2, 0.25) is 5.02 Å². The fourth-order valence-electron chi connectivity index (χ4n) is 2.87. The van der Waals surface area contributed by atoms with E-state index in [0.717, 1.165) is 11.3 Å². The molecule has 0 fully saturated rings. The highest BCUT2D eigenvalue weighted by atomic mass is 35.5. The zero-order valence-electron chi connectivity index (χ0n) is 14.7. The number of nitrogens with one attached hydrogen (secondary N) is 1. The lowest BCUT2D eigenvalue weighted by molar-refractivity contribution is -0.119. The molecule has 0 saturated heterocycles. The van der Waals surface area contributed by atoms with Gasteiger partial charge in [0.1, 0.15) is 5.75 Å². The van der Waals surface area contributed by atoms with Gasteiger partial charge in [0.15, 0.2) is 18.1 Å². The van der Waals surface area contributed by atoms with Gasteiger partial charge in [-0.3, -0.25) is 9.59 Å². The fourth-order valence-corrected chi connectivity index (χ4v) is 3.13. The summed E-state index contributed by atoms with van der Waals surface area (Å²) >= 11 is 6.21. The highest BCUT2D eigenvalue weighted by Gasteiger charge is 2.24. The third kappa shape index (κ3) is 4.25. The van der Waals surface area contributed by atoms with Crippen LogP contribution in [-0.4, -0.2) is 32.1 Å². The van der Waals surface area contributed by atoms with Crippen molar-refractivity contribution in [3.8, 4) is 17.2 Å². The standard InChI is InChI=1S/C19H19ClN2O5/c1-25-16-9-11(8-13(20)18(16)27-10-17(21)23)19(24)22-14-6-7-26-15-5-3-2-4-12(14)15/h2-5,8-9,14H,6-7,10H2,1H3,(H2,21,23)(H,22,24)/t14-/m0/s1. The van der Waals surface area contributed by atoms with Gasteiger partial charge in [-0.2, -0.15) is 0 Å². The number of halogens is 1. The van der Waals surface area contributed by atoms with Crippen LogP contribution in [-0.2, 0) is 4.79 Å². The number of fused-ring (bicyclic) bond motifs is 1. The quantitative estimate of drug-likeness (QED) is 0.789. The van der Waals surface area contributed by atoms with Crippen LogP contribution in [0.1, 0.15) is 28.4 Å². The smallest absolute Gasteiger partial charge is 0.255 e. The highest BCUT2D eigenvalue weighted by molar-refractivity contribution is 6.32. The molecule has 27 heavy (non-hydrogen) atoms. The van der Waals surface area contributed by atoms with Gasteiger partial charge in [-0.25, -0.2) is 0 Å². The van der Waals surface area contributed by atoms with Crippen molar-refractivity contribution in [1.29, 1.82) is 0 Å². The third-order valence-electron chi connectivity index (χ3n) is 4.11. The summed E-state index contributed by atoms with van der Waals surface area (Å²) in [6, 6.07) is 10.4. The normalized spacial score (nSPS) is 15.3. The van der Waals surface area contributed by atoms with Gasteiger partial charge in [0, 0.05) is 17.5 Å². The lowest BCUT2D eigenvalue weighted by Gasteiger charge is -2.26. The number of carbonyl (C=O) groups excluding carboxylic acids is 2. The molecule has 2 aromatic rings. The second-order valence-electron chi connectivity index (χ2n) is 5.95. The molecule has 1 aliphatic heterocycles. The Morgan fingerprint density at radius 3 is 2.85 bits per heavy atom. The van der Waals surface area contributed by atoms with Gasteiger partial charge in [0.2, 0.25) is 0 Å². The van der Waals surface area contributed by atoms with Crippen LogP contribution in [0.3, 0.4) is 0 Å². The average Bonchev–Trinajstić information content (AvgIpc) is 2.66. The van der Waals surface area contributed by atoms with Crippen LogP contribution in [0.4, 0.5) is 0 Å². The van der Waals surface area contributed by atoms with E-state index >= 15 is 0 Å². The van der Waals surface area contributed by atoms with Crippen LogP contribution in [0.15, 0.2) is 36.4 Å². The topological polar surface area (TPSA) is 99.9 Å². The van der Waals surface area contributed by atoms with Crippen molar-refractivity contribution in [3.05, 3.63) is 52.5 Å². The molecule has 0 bridgehead atoms. The lowest BCUT2D eigenvalue weighted by atomic mass is 10.00. The summed E-state index contributed by atoms with van der Waals surface area (Å²) < 4.78 is 16.1. The van der Waals surface area contributed by atoms with E-state index in [4.69, 9.17) is 31.5 Å². The van der Waals surface area contributed by atoms with Gasteiger partial charge in [-0.05, 0) is 18.2 Å². The molecule has 2 aromatic carbocycles. The predicted octanol–water partition coefficient (Wildman–Crippen LogP) is 2.47. The number of para-hydroxylation sites is 1. The molecule has 1 heterocycles. The first-order valence-electron chi connectivity index (χ1n) is 8.31. The van der Waals surface area contributed by atoms with Gasteiger partial charge in [0.05, 0.1) is 24.8 Å². The van der Waals surface area contributed by atoms with Crippen molar-refractivity contribution in [2.75, 3.05) is 20.3 Å². The average molecular weight is 391 g/mol. The summed E-state index contributed by atoms with van der Waals surface area (Å²) in [5.41, 5.74) is 6.32. The molecule has 0 aliphatic carbocycles. The number of hydrogen-bond donors (Lipinski definition) is 2. The number of carbonyl (C=O) groups is 2. The summed E-state index contributed by atoms with van der Waals surface area (Å²) in [7, 11) is 1.42. The minimum atomic E-state index is -0.645. The zero-order chi connectivity index (χ0) is 19.4. The van der Waals surface area contributed by atoms with E-state index in [1.165, 1.54) is 19.2 Å². The van der Waals surface area contributed by atoms with Crippen molar-refractivity contribution >= 4 is 23.4 Å². The highest BCUT2D eigenvalue weighted by Crippen LogP contribution is 2.37. The third-order valence-corrected chi connectivity index (χ3v) is 4.39. The van der Waals surface area contributed by atoms with E-state index in [1.54, 1.807) is 0 Å². The molecular weight excluding hydrogens is 372 g/mol. The summed E-state index contributed by atoms with van der Waals surface area (Å²) in [4.78, 5) is 23.7. The fraction of sp³-hybridized carbons (Fsp3) is 0.263. The van der Waals surface area contributed by atoms with Crippen LogP contribution < -0.4 is 25.3 Å². The molecule has 142 valence electrons. The van der Waals surface area contributed by atoms with Gasteiger partial charge < -0.3 is 25.3 Å². The van der Waals surface area contributed by atoms with Crippen molar-refractivity contribution in [2.45, 2.75) is 12.5 Å². The molecule has 8 heteroatoms. The monoisotopic (exact) mass is 390 g/mol. The Morgan fingerprint density at radius 2 is 2.11 bits per heavy atom. The molecule has 0 aromatic heterocycles. The summed E-state index contributed by atoms with van der Waals surface area (Å²) in [5, 5.41) is 3.14. The van der Waals surface area contributed by atoms with E-state index in [1.807, 2.05) is 24.3 Å². The first-order chi connectivity index (χ1) is 13.0. The number of benzene rings is 2. The Bertz CT molecular complexity index is 871. The first-order valence-corrected chi connectivity index (χ1v) is 8.68. The largest absolute Gasteiger partial charge is 0.493 e. The Kier molecular flexibility index (Phi) is 5.71. The van der Waals surface area contributed by atoms with Crippen molar-refractivity contribution in [1.82, 2.24) is 5.32 Å². The Hall–Kier alpha value is -2.93. The maximum atomic E-state index is 12.7. The van der Waals surface area contributed by atoms with E-state index in [-0.39, 0.29) is 35.1 Å². The number of hydrogen-bond acceptors (Lipinski definition) is 5. The SMILES string of the molecule is COc1cc(C(=O)N[C@H]2CCOc3ccccc32)cc(Cl)c1OCC(N)=O. The van der Waals surface area contributed by atoms with E-state index in [2.05, 4.69) is 5.32 Å². The van der Waals surface area contributed by atoms with E-state index in [9.17, 15) is 9.59 Å².